The first-order valence-corrected chi connectivity index (χ1v) is 22.1. The topological polar surface area (TPSA) is 6.48 Å². The maximum Gasteiger partial charge on any atom is 0.0462 e. The van der Waals surface area contributed by atoms with Gasteiger partial charge in [0.2, 0.25) is 0 Å². The van der Waals surface area contributed by atoms with Crippen molar-refractivity contribution in [2.45, 2.75) is 27.7 Å². The molecule has 0 amide bonds. The van der Waals surface area contributed by atoms with Gasteiger partial charge in [-0.1, -0.05) is 192 Å². The quantitative estimate of drug-likeness (QED) is 0.113. The Labute approximate surface area is 379 Å². The Kier molecular flexibility index (Phi) is 12.3. The monoisotopic (exact) mass is 824 g/mol. The van der Waals surface area contributed by atoms with Crippen molar-refractivity contribution in [3.63, 3.8) is 0 Å². The van der Waals surface area contributed by atoms with Crippen molar-refractivity contribution in [3.8, 4) is 22.3 Å². The van der Waals surface area contributed by atoms with Crippen LogP contribution in [0.15, 0.2) is 218 Å². The summed E-state index contributed by atoms with van der Waals surface area (Å²) in [7, 11) is 0. The molecule has 0 aliphatic rings. The number of hydrogen-bond donors (Lipinski definition) is 0. The number of hydrogen-bond acceptors (Lipinski definition) is 2. The molecule has 9 aromatic carbocycles. The molecule has 9 rings (SSSR count). The van der Waals surface area contributed by atoms with Crippen LogP contribution in [0, 0.1) is 27.7 Å². The zero-order valence-electron chi connectivity index (χ0n) is 37.0. The minimum Gasteiger partial charge on any atom is -0.311 e. The molecule has 0 saturated heterocycles. The van der Waals surface area contributed by atoms with Gasteiger partial charge >= 0.3 is 0 Å². The van der Waals surface area contributed by atoms with Crippen molar-refractivity contribution in [2.75, 3.05) is 9.80 Å². The second-order valence-electron chi connectivity index (χ2n) is 16.7. The van der Waals surface area contributed by atoms with Crippen LogP contribution in [-0.4, -0.2) is 0 Å². The molecule has 2 nitrogen and oxygen atoms in total. The van der Waals surface area contributed by atoms with Gasteiger partial charge in [0, 0.05) is 34.1 Å². The van der Waals surface area contributed by atoms with Gasteiger partial charge in [-0.3, -0.25) is 0 Å². The third-order valence-corrected chi connectivity index (χ3v) is 11.8. The highest BCUT2D eigenvalue weighted by Gasteiger charge is 2.15. The summed E-state index contributed by atoms with van der Waals surface area (Å²) in [5.74, 6) is 0. The van der Waals surface area contributed by atoms with E-state index in [1.165, 1.54) is 55.6 Å². The van der Waals surface area contributed by atoms with E-state index in [0.29, 0.717) is 0 Å². The predicted octanol–water partition coefficient (Wildman–Crippen LogP) is 17.5. The lowest BCUT2D eigenvalue weighted by atomic mass is 9.99. The van der Waals surface area contributed by atoms with Gasteiger partial charge in [-0.25, -0.2) is 0 Å². The van der Waals surface area contributed by atoms with E-state index in [0.717, 1.165) is 45.3 Å². The zero-order valence-corrected chi connectivity index (χ0v) is 37.0. The van der Waals surface area contributed by atoms with Gasteiger partial charge in [0.05, 0.1) is 0 Å². The fourth-order valence-electron chi connectivity index (χ4n) is 7.95. The molecular formula is C62H52N2. The minimum absolute atomic E-state index is 1.11. The first-order valence-electron chi connectivity index (χ1n) is 22.1. The van der Waals surface area contributed by atoms with Gasteiger partial charge in [0.25, 0.3) is 0 Å². The Balaban J connectivity index is 0.921. The average Bonchev–Trinajstić information content (AvgIpc) is 3.34. The minimum atomic E-state index is 1.11. The first kappa shape index (κ1) is 41.4. The number of benzene rings is 9. The van der Waals surface area contributed by atoms with E-state index in [9.17, 15) is 0 Å². The van der Waals surface area contributed by atoms with E-state index in [1.807, 2.05) is 0 Å². The molecule has 64 heavy (non-hydrogen) atoms. The highest BCUT2D eigenvalue weighted by molar-refractivity contribution is 5.82. The molecule has 0 N–H and O–H groups in total. The van der Waals surface area contributed by atoms with Crippen molar-refractivity contribution >= 4 is 58.4 Å². The summed E-state index contributed by atoms with van der Waals surface area (Å²) in [6, 6.07) is 79.0. The lowest BCUT2D eigenvalue weighted by Crippen LogP contribution is -2.09. The van der Waals surface area contributed by atoms with Crippen LogP contribution < -0.4 is 9.80 Å². The number of anilines is 6. The fraction of sp³-hybridized carbons (Fsp3) is 0.0645. The van der Waals surface area contributed by atoms with E-state index in [1.54, 1.807) is 0 Å². The molecule has 0 saturated carbocycles. The molecule has 0 aliphatic carbocycles. The molecule has 0 radical (unpaired) electrons. The zero-order chi connectivity index (χ0) is 43.8. The van der Waals surface area contributed by atoms with Crippen LogP contribution in [0.5, 0.6) is 0 Å². The second kappa shape index (κ2) is 19.0. The smallest absolute Gasteiger partial charge is 0.0462 e. The molecule has 0 bridgehead atoms. The molecule has 0 aromatic heterocycles. The van der Waals surface area contributed by atoms with E-state index in [4.69, 9.17) is 0 Å². The Morgan fingerprint density at radius 2 is 0.359 bits per heavy atom. The van der Waals surface area contributed by atoms with E-state index >= 15 is 0 Å². The lowest BCUT2D eigenvalue weighted by molar-refractivity contribution is 1.27. The van der Waals surface area contributed by atoms with Crippen LogP contribution >= 0.6 is 0 Å². The lowest BCUT2D eigenvalue weighted by Gasteiger charge is -2.26. The summed E-state index contributed by atoms with van der Waals surface area (Å²) >= 11 is 0. The van der Waals surface area contributed by atoms with Gasteiger partial charge in [-0.2, -0.15) is 0 Å². The predicted molar refractivity (Wildman–Crippen MR) is 276 cm³/mol. The van der Waals surface area contributed by atoms with Gasteiger partial charge < -0.3 is 9.80 Å². The van der Waals surface area contributed by atoms with Gasteiger partial charge in [-0.15, -0.1) is 0 Å². The van der Waals surface area contributed by atoms with Crippen molar-refractivity contribution in [3.05, 3.63) is 263 Å². The SMILES string of the molecule is Cc1ccc(/C=C/c2ccc(N(c3ccc(C)cc3)c3ccc(-c4ccc(-c5ccc(N(c6ccc(C)cc6)c6ccc(/C=C/c7ccc(C)cc7)cc6)cc5)cc4)cc3)cc2)cc1. The van der Waals surface area contributed by atoms with E-state index < -0.39 is 0 Å². The molecule has 2 heteroatoms. The molecule has 0 unspecified atom stereocenters. The van der Waals surface area contributed by atoms with Crippen molar-refractivity contribution in [2.24, 2.45) is 0 Å². The molecule has 9 aromatic rings. The van der Waals surface area contributed by atoms with Crippen molar-refractivity contribution in [1.82, 2.24) is 0 Å². The van der Waals surface area contributed by atoms with Gasteiger partial charge in [0.1, 0.15) is 0 Å². The number of nitrogens with zero attached hydrogens (tertiary/aromatic N) is 2. The Hall–Kier alpha value is -7.94. The molecule has 0 heterocycles. The summed E-state index contributed by atoms with van der Waals surface area (Å²) in [5.41, 5.74) is 21.1. The fourth-order valence-corrected chi connectivity index (χ4v) is 7.95. The van der Waals surface area contributed by atoms with Crippen LogP contribution in [0.4, 0.5) is 34.1 Å². The summed E-state index contributed by atoms with van der Waals surface area (Å²) in [5, 5.41) is 0. The van der Waals surface area contributed by atoms with Crippen LogP contribution in [0.25, 0.3) is 46.6 Å². The van der Waals surface area contributed by atoms with Crippen LogP contribution in [-0.2, 0) is 0 Å². The Morgan fingerprint density at radius 1 is 0.203 bits per heavy atom. The summed E-state index contributed by atoms with van der Waals surface area (Å²) in [4.78, 5) is 4.65. The maximum atomic E-state index is 2.32. The van der Waals surface area contributed by atoms with Crippen molar-refractivity contribution in [1.29, 1.82) is 0 Å². The van der Waals surface area contributed by atoms with Crippen LogP contribution in [0.2, 0.25) is 0 Å². The van der Waals surface area contributed by atoms with E-state index in [-0.39, 0.29) is 0 Å². The number of rotatable bonds is 12. The second-order valence-corrected chi connectivity index (χ2v) is 16.7. The molecule has 0 spiro atoms. The van der Waals surface area contributed by atoms with E-state index in [2.05, 4.69) is 280 Å². The molecule has 0 aliphatic heterocycles. The van der Waals surface area contributed by atoms with Gasteiger partial charge in [0.15, 0.2) is 0 Å². The number of aryl methyl sites for hydroxylation is 4. The molecule has 0 atom stereocenters. The first-order chi connectivity index (χ1) is 31.3. The normalized spacial score (nSPS) is 11.3. The van der Waals surface area contributed by atoms with Crippen LogP contribution in [0.1, 0.15) is 44.5 Å². The largest absolute Gasteiger partial charge is 0.311 e. The summed E-state index contributed by atoms with van der Waals surface area (Å²) in [6.07, 6.45) is 8.68. The third-order valence-electron chi connectivity index (χ3n) is 11.8. The summed E-state index contributed by atoms with van der Waals surface area (Å²) in [6.45, 7) is 8.50. The average molecular weight is 825 g/mol. The highest BCUT2D eigenvalue weighted by Crippen LogP contribution is 2.38. The standard InChI is InChI=1S/C62H52N2/c1-45-5-13-49(14-6-45)17-19-51-21-37-59(38-22-51)63(57-33-9-47(3)10-34-57)61-41-29-55(30-42-61)53-25-27-54(28-26-53)56-31-43-62(44-32-56)64(58-35-11-48(4)12-36-58)60-39-23-52(24-40-60)20-18-50-15-7-46(2)8-16-50/h5-44H,1-4H3/b19-17+,20-18+. The molecular weight excluding hydrogens is 773 g/mol. The molecule has 0 fully saturated rings. The highest BCUT2D eigenvalue weighted by atomic mass is 15.1. The molecule has 310 valence electrons. The summed E-state index contributed by atoms with van der Waals surface area (Å²) < 4.78 is 0. The van der Waals surface area contributed by atoms with Gasteiger partial charge in [-0.05, 0) is 145 Å². The maximum absolute atomic E-state index is 2.32. The Bertz CT molecular complexity index is 2770. The van der Waals surface area contributed by atoms with Crippen molar-refractivity contribution < 1.29 is 0 Å². The third kappa shape index (κ3) is 9.89. The Morgan fingerprint density at radius 3 is 0.594 bits per heavy atom. The van der Waals surface area contributed by atoms with Crippen LogP contribution in [0.3, 0.4) is 0 Å².